The summed E-state index contributed by atoms with van der Waals surface area (Å²) in [6.07, 6.45) is 18.0. The molecule has 1 heteroatoms. The Morgan fingerprint density at radius 1 is 0.824 bits per heavy atom. The Morgan fingerprint density at radius 3 is 2.18 bits per heavy atom. The number of allylic oxidation sites excluding steroid dienone is 2. The molecule has 17 heavy (non-hydrogen) atoms. The van der Waals surface area contributed by atoms with Crippen LogP contribution in [0.15, 0.2) is 12.2 Å². The van der Waals surface area contributed by atoms with Crippen molar-refractivity contribution >= 4 is 0 Å². The monoisotopic (exact) mass is 239 g/mol. The highest BCUT2D eigenvalue weighted by molar-refractivity contribution is 4.82. The van der Waals surface area contributed by atoms with Gasteiger partial charge in [-0.15, -0.1) is 0 Å². The van der Waals surface area contributed by atoms with Crippen LogP contribution >= 0.6 is 0 Å². The summed E-state index contributed by atoms with van der Waals surface area (Å²) in [4.78, 5) is 0. The smallest absolute Gasteiger partial charge is 0.00670 e. The Bertz CT molecular complexity index is 163. The second kappa shape index (κ2) is 13.8. The quantitative estimate of drug-likeness (QED) is 0.370. The van der Waals surface area contributed by atoms with E-state index in [9.17, 15) is 0 Å². The molecule has 0 bridgehead atoms. The summed E-state index contributed by atoms with van der Waals surface area (Å²) in [5, 5.41) is 3.45. The Labute approximate surface area is 109 Å². The largest absolute Gasteiger partial charge is 0.317 e. The van der Waals surface area contributed by atoms with Gasteiger partial charge in [0.05, 0.1) is 0 Å². The minimum atomic E-state index is 0.725. The lowest BCUT2D eigenvalue weighted by Gasteiger charge is -2.14. The van der Waals surface area contributed by atoms with Gasteiger partial charge in [-0.25, -0.2) is 0 Å². The SMILES string of the molecule is CCC/C=C/CCC(CCCCCCC)NC. The zero-order chi connectivity index (χ0) is 12.8. The summed E-state index contributed by atoms with van der Waals surface area (Å²) in [6.45, 7) is 4.51. The van der Waals surface area contributed by atoms with Crippen molar-refractivity contribution in [3.63, 3.8) is 0 Å². The summed E-state index contributed by atoms with van der Waals surface area (Å²) in [7, 11) is 2.10. The second-order valence-corrected chi connectivity index (χ2v) is 5.03. The maximum Gasteiger partial charge on any atom is 0.00670 e. The van der Waals surface area contributed by atoms with E-state index in [2.05, 4.69) is 38.4 Å². The highest BCUT2D eigenvalue weighted by Crippen LogP contribution is 2.10. The van der Waals surface area contributed by atoms with E-state index in [0.717, 1.165) is 6.04 Å². The minimum absolute atomic E-state index is 0.725. The predicted octanol–water partition coefficient (Wildman–Crippen LogP) is 5.07. The van der Waals surface area contributed by atoms with Gasteiger partial charge in [-0.05, 0) is 32.7 Å². The first-order valence-electron chi connectivity index (χ1n) is 7.67. The van der Waals surface area contributed by atoms with Gasteiger partial charge < -0.3 is 5.32 Å². The van der Waals surface area contributed by atoms with Crippen LogP contribution in [0.3, 0.4) is 0 Å². The van der Waals surface area contributed by atoms with Gasteiger partial charge in [0, 0.05) is 6.04 Å². The van der Waals surface area contributed by atoms with E-state index in [0.29, 0.717) is 0 Å². The number of nitrogens with one attached hydrogen (secondary N) is 1. The van der Waals surface area contributed by atoms with Crippen molar-refractivity contribution in [2.45, 2.75) is 84.1 Å². The molecule has 0 spiro atoms. The lowest BCUT2D eigenvalue weighted by Crippen LogP contribution is -2.24. The van der Waals surface area contributed by atoms with Crippen LogP contribution in [0.25, 0.3) is 0 Å². The molecular weight excluding hydrogens is 206 g/mol. The van der Waals surface area contributed by atoms with Gasteiger partial charge in [0.2, 0.25) is 0 Å². The predicted molar refractivity (Wildman–Crippen MR) is 79.5 cm³/mol. The lowest BCUT2D eigenvalue weighted by molar-refractivity contribution is 0.462. The van der Waals surface area contributed by atoms with Crippen molar-refractivity contribution in [3.8, 4) is 0 Å². The number of hydrogen-bond donors (Lipinski definition) is 1. The highest BCUT2D eigenvalue weighted by atomic mass is 14.9. The average molecular weight is 239 g/mol. The molecular formula is C16H33N. The number of rotatable bonds is 12. The zero-order valence-electron chi connectivity index (χ0n) is 12.3. The molecule has 1 atom stereocenters. The zero-order valence-corrected chi connectivity index (χ0v) is 12.3. The van der Waals surface area contributed by atoms with Crippen molar-refractivity contribution in [1.82, 2.24) is 5.32 Å². The summed E-state index contributed by atoms with van der Waals surface area (Å²) in [5.41, 5.74) is 0. The van der Waals surface area contributed by atoms with E-state index in [1.807, 2.05) is 0 Å². The molecule has 0 aromatic rings. The van der Waals surface area contributed by atoms with Crippen LogP contribution in [0, 0.1) is 0 Å². The topological polar surface area (TPSA) is 12.0 Å². The number of unbranched alkanes of at least 4 members (excludes halogenated alkanes) is 5. The van der Waals surface area contributed by atoms with Gasteiger partial charge in [-0.2, -0.15) is 0 Å². The van der Waals surface area contributed by atoms with Crippen LogP contribution in [0.1, 0.15) is 78.1 Å². The highest BCUT2D eigenvalue weighted by Gasteiger charge is 2.03. The maximum atomic E-state index is 3.45. The standard InChI is InChI=1S/C16H33N/c1-4-6-8-10-12-14-16(17-3)15-13-11-9-7-5-2/h8,10,16-17H,4-7,9,11-15H2,1-3H3/b10-8+. The van der Waals surface area contributed by atoms with Crippen LogP contribution in [-0.2, 0) is 0 Å². The fourth-order valence-electron chi connectivity index (χ4n) is 2.13. The van der Waals surface area contributed by atoms with Crippen molar-refractivity contribution in [1.29, 1.82) is 0 Å². The molecule has 0 radical (unpaired) electrons. The first kappa shape index (κ1) is 16.7. The van der Waals surface area contributed by atoms with Gasteiger partial charge in [0.25, 0.3) is 0 Å². The van der Waals surface area contributed by atoms with E-state index < -0.39 is 0 Å². The average Bonchev–Trinajstić information content (AvgIpc) is 2.36. The molecule has 0 fully saturated rings. The fourth-order valence-corrected chi connectivity index (χ4v) is 2.13. The molecule has 0 amide bonds. The Kier molecular flexibility index (Phi) is 13.5. The van der Waals surface area contributed by atoms with Gasteiger partial charge in [-0.1, -0.05) is 64.5 Å². The Morgan fingerprint density at radius 2 is 1.53 bits per heavy atom. The lowest BCUT2D eigenvalue weighted by atomic mass is 10.0. The fraction of sp³-hybridized carbons (Fsp3) is 0.875. The van der Waals surface area contributed by atoms with E-state index in [4.69, 9.17) is 0 Å². The molecule has 0 aliphatic rings. The van der Waals surface area contributed by atoms with E-state index in [1.165, 1.54) is 64.2 Å². The molecule has 1 nitrogen and oxygen atoms in total. The summed E-state index contributed by atoms with van der Waals surface area (Å²) in [6, 6.07) is 0.725. The van der Waals surface area contributed by atoms with Crippen LogP contribution in [0.5, 0.6) is 0 Å². The Balaban J connectivity index is 3.42. The van der Waals surface area contributed by atoms with E-state index in [-0.39, 0.29) is 0 Å². The first-order valence-corrected chi connectivity index (χ1v) is 7.67. The summed E-state index contributed by atoms with van der Waals surface area (Å²) >= 11 is 0. The maximum absolute atomic E-state index is 3.45. The van der Waals surface area contributed by atoms with Crippen LogP contribution in [-0.4, -0.2) is 13.1 Å². The molecule has 0 aromatic carbocycles. The summed E-state index contributed by atoms with van der Waals surface area (Å²) in [5.74, 6) is 0. The first-order chi connectivity index (χ1) is 8.35. The van der Waals surface area contributed by atoms with Gasteiger partial charge >= 0.3 is 0 Å². The van der Waals surface area contributed by atoms with Crippen molar-refractivity contribution in [2.24, 2.45) is 0 Å². The van der Waals surface area contributed by atoms with Gasteiger partial charge in [0.1, 0.15) is 0 Å². The third kappa shape index (κ3) is 12.0. The molecule has 102 valence electrons. The third-order valence-electron chi connectivity index (χ3n) is 3.37. The van der Waals surface area contributed by atoms with Gasteiger partial charge in [0.15, 0.2) is 0 Å². The van der Waals surface area contributed by atoms with Crippen molar-refractivity contribution in [3.05, 3.63) is 12.2 Å². The molecule has 0 saturated carbocycles. The van der Waals surface area contributed by atoms with Crippen molar-refractivity contribution in [2.75, 3.05) is 7.05 Å². The molecule has 0 aliphatic carbocycles. The molecule has 1 N–H and O–H groups in total. The normalized spacial score (nSPS) is 13.4. The Hall–Kier alpha value is -0.300. The molecule has 0 aliphatic heterocycles. The molecule has 0 rings (SSSR count). The second-order valence-electron chi connectivity index (χ2n) is 5.03. The van der Waals surface area contributed by atoms with Gasteiger partial charge in [-0.3, -0.25) is 0 Å². The third-order valence-corrected chi connectivity index (χ3v) is 3.37. The van der Waals surface area contributed by atoms with Crippen LogP contribution < -0.4 is 5.32 Å². The van der Waals surface area contributed by atoms with Crippen LogP contribution in [0.4, 0.5) is 0 Å². The molecule has 0 aromatic heterocycles. The van der Waals surface area contributed by atoms with Crippen LogP contribution in [0.2, 0.25) is 0 Å². The van der Waals surface area contributed by atoms with E-state index >= 15 is 0 Å². The molecule has 0 heterocycles. The molecule has 0 saturated heterocycles. The summed E-state index contributed by atoms with van der Waals surface area (Å²) < 4.78 is 0. The van der Waals surface area contributed by atoms with E-state index in [1.54, 1.807) is 0 Å². The van der Waals surface area contributed by atoms with Crippen molar-refractivity contribution < 1.29 is 0 Å². The molecule has 1 unspecified atom stereocenters. The number of hydrogen-bond acceptors (Lipinski definition) is 1. The minimum Gasteiger partial charge on any atom is -0.317 e.